The van der Waals surface area contributed by atoms with Crippen LogP contribution in [0.4, 0.5) is 0 Å². The van der Waals surface area contributed by atoms with Crippen molar-refractivity contribution in [1.82, 2.24) is 5.73 Å². The lowest BCUT2D eigenvalue weighted by atomic mass is 10.0. The van der Waals surface area contributed by atoms with Crippen molar-refractivity contribution in [1.29, 1.82) is 0 Å². The fraction of sp³-hybridized carbons (Fsp3) is 1.00. The third kappa shape index (κ3) is 14.0. The first-order valence-electron chi connectivity index (χ1n) is 7.48. The standard InChI is InChI=1S/C15H32N/c1-3-4-5-6-7-8-9-10-11-12-13-14-15(2)16/h15-16H,3-14H2,1-2H3. The summed E-state index contributed by atoms with van der Waals surface area (Å²) in [6, 6.07) is 0.151. The maximum Gasteiger partial charge on any atom is 0.0184 e. The van der Waals surface area contributed by atoms with Crippen LogP contribution in [0.15, 0.2) is 0 Å². The Labute approximate surface area is 103 Å². The molecule has 0 aliphatic rings. The molecule has 0 saturated heterocycles. The molecule has 1 heteroatoms. The van der Waals surface area contributed by atoms with Crippen LogP contribution in [0, 0.1) is 0 Å². The van der Waals surface area contributed by atoms with Crippen LogP contribution in [0.1, 0.15) is 90.9 Å². The largest absolute Gasteiger partial charge is 0.255 e. The molecule has 1 nitrogen and oxygen atoms in total. The molecule has 97 valence electrons. The molecule has 1 N–H and O–H groups in total. The van der Waals surface area contributed by atoms with Crippen LogP contribution < -0.4 is 5.73 Å². The monoisotopic (exact) mass is 226 g/mol. The fourth-order valence-corrected chi connectivity index (χ4v) is 2.11. The third-order valence-corrected chi connectivity index (χ3v) is 3.24. The van der Waals surface area contributed by atoms with E-state index < -0.39 is 0 Å². The summed E-state index contributed by atoms with van der Waals surface area (Å²) in [6.07, 6.45) is 16.5. The minimum Gasteiger partial charge on any atom is -0.255 e. The predicted octanol–water partition coefficient (Wildman–Crippen LogP) is 5.36. The Kier molecular flexibility index (Phi) is 13.0. The first kappa shape index (κ1) is 16.0. The van der Waals surface area contributed by atoms with Crippen molar-refractivity contribution in [2.45, 2.75) is 96.9 Å². The Morgan fingerprint density at radius 3 is 1.44 bits per heavy atom. The number of unbranched alkanes of at least 4 members (excludes halogenated alkanes) is 10. The van der Waals surface area contributed by atoms with Crippen LogP contribution in [0.2, 0.25) is 0 Å². The average Bonchev–Trinajstić information content (AvgIpc) is 2.25. The highest BCUT2D eigenvalue weighted by Crippen LogP contribution is 2.12. The lowest BCUT2D eigenvalue weighted by Gasteiger charge is -2.04. The van der Waals surface area contributed by atoms with E-state index in [4.69, 9.17) is 5.73 Å². The van der Waals surface area contributed by atoms with Crippen LogP contribution in [-0.2, 0) is 0 Å². The maximum atomic E-state index is 7.40. The summed E-state index contributed by atoms with van der Waals surface area (Å²) in [5, 5.41) is 0. The summed E-state index contributed by atoms with van der Waals surface area (Å²) in [5.41, 5.74) is 7.40. The van der Waals surface area contributed by atoms with Gasteiger partial charge in [0.1, 0.15) is 0 Å². The van der Waals surface area contributed by atoms with Crippen molar-refractivity contribution in [3.05, 3.63) is 0 Å². The van der Waals surface area contributed by atoms with Gasteiger partial charge < -0.3 is 0 Å². The van der Waals surface area contributed by atoms with E-state index in [2.05, 4.69) is 6.92 Å². The molecule has 0 aromatic rings. The molecule has 0 amide bonds. The van der Waals surface area contributed by atoms with Crippen molar-refractivity contribution >= 4 is 0 Å². The lowest BCUT2D eigenvalue weighted by Crippen LogP contribution is -2.01. The molecule has 0 aliphatic carbocycles. The van der Waals surface area contributed by atoms with Crippen molar-refractivity contribution in [3.8, 4) is 0 Å². The Bertz CT molecular complexity index is 121. The smallest absolute Gasteiger partial charge is 0.0184 e. The highest BCUT2D eigenvalue weighted by Gasteiger charge is 1.95. The summed E-state index contributed by atoms with van der Waals surface area (Å²) < 4.78 is 0. The minimum atomic E-state index is 0.151. The van der Waals surface area contributed by atoms with E-state index in [1.807, 2.05) is 6.92 Å². The van der Waals surface area contributed by atoms with E-state index in [1.54, 1.807) is 0 Å². The van der Waals surface area contributed by atoms with Gasteiger partial charge in [-0.3, -0.25) is 5.73 Å². The summed E-state index contributed by atoms with van der Waals surface area (Å²) in [5.74, 6) is 0. The second-order valence-electron chi connectivity index (χ2n) is 5.23. The second kappa shape index (κ2) is 13.0. The number of nitrogens with one attached hydrogen (secondary N) is 1. The molecule has 0 bridgehead atoms. The molecule has 1 radical (unpaired) electrons. The highest BCUT2D eigenvalue weighted by atomic mass is 14.6. The number of rotatable bonds is 12. The second-order valence-corrected chi connectivity index (χ2v) is 5.23. The van der Waals surface area contributed by atoms with Crippen molar-refractivity contribution in [2.75, 3.05) is 0 Å². The first-order chi connectivity index (χ1) is 7.77. The molecule has 16 heavy (non-hydrogen) atoms. The van der Waals surface area contributed by atoms with Crippen LogP contribution in [0.5, 0.6) is 0 Å². The summed E-state index contributed by atoms with van der Waals surface area (Å²) in [7, 11) is 0. The van der Waals surface area contributed by atoms with Gasteiger partial charge in [0.25, 0.3) is 0 Å². The quantitative estimate of drug-likeness (QED) is 0.400. The van der Waals surface area contributed by atoms with Gasteiger partial charge in [-0.05, 0) is 13.3 Å². The van der Waals surface area contributed by atoms with Crippen molar-refractivity contribution in [2.24, 2.45) is 0 Å². The molecule has 0 aromatic heterocycles. The van der Waals surface area contributed by atoms with E-state index in [9.17, 15) is 0 Å². The predicted molar refractivity (Wildman–Crippen MR) is 73.6 cm³/mol. The van der Waals surface area contributed by atoms with Crippen molar-refractivity contribution in [3.63, 3.8) is 0 Å². The molecule has 0 rings (SSSR count). The third-order valence-electron chi connectivity index (χ3n) is 3.24. The van der Waals surface area contributed by atoms with E-state index in [1.165, 1.54) is 70.6 Å². The topological polar surface area (TPSA) is 23.8 Å². The van der Waals surface area contributed by atoms with Gasteiger partial charge in [-0.2, -0.15) is 0 Å². The van der Waals surface area contributed by atoms with Gasteiger partial charge in [0, 0.05) is 6.04 Å². The van der Waals surface area contributed by atoms with Gasteiger partial charge in [-0.1, -0.05) is 77.6 Å². The Morgan fingerprint density at radius 2 is 1.06 bits per heavy atom. The Balaban J connectivity index is 2.88. The fourth-order valence-electron chi connectivity index (χ4n) is 2.11. The number of hydrogen-bond acceptors (Lipinski definition) is 0. The molecule has 1 unspecified atom stereocenters. The molecule has 0 aromatic carbocycles. The molecule has 0 heterocycles. The Morgan fingerprint density at radius 1 is 0.688 bits per heavy atom. The van der Waals surface area contributed by atoms with E-state index in [0.29, 0.717) is 0 Å². The molecular weight excluding hydrogens is 194 g/mol. The maximum absolute atomic E-state index is 7.40. The first-order valence-corrected chi connectivity index (χ1v) is 7.48. The van der Waals surface area contributed by atoms with Crippen molar-refractivity contribution < 1.29 is 0 Å². The lowest BCUT2D eigenvalue weighted by molar-refractivity contribution is 0.527. The summed E-state index contributed by atoms with van der Waals surface area (Å²) in [6.45, 7) is 4.27. The Hall–Kier alpha value is -0.0400. The normalized spacial score (nSPS) is 12.9. The SMILES string of the molecule is CCCCCCCCCCCCCC(C)[NH]. The van der Waals surface area contributed by atoms with Crippen LogP contribution >= 0.6 is 0 Å². The zero-order valence-corrected chi connectivity index (χ0v) is 11.6. The van der Waals surface area contributed by atoms with E-state index >= 15 is 0 Å². The van der Waals surface area contributed by atoms with E-state index in [0.717, 1.165) is 6.42 Å². The van der Waals surface area contributed by atoms with E-state index in [-0.39, 0.29) is 6.04 Å². The van der Waals surface area contributed by atoms with Gasteiger partial charge in [-0.25, -0.2) is 0 Å². The zero-order valence-electron chi connectivity index (χ0n) is 11.6. The average molecular weight is 226 g/mol. The van der Waals surface area contributed by atoms with Gasteiger partial charge in [0.05, 0.1) is 0 Å². The van der Waals surface area contributed by atoms with Gasteiger partial charge in [-0.15, -0.1) is 0 Å². The molecule has 0 saturated carbocycles. The molecular formula is C15H32N. The molecule has 0 aliphatic heterocycles. The minimum absolute atomic E-state index is 0.151. The number of hydrogen-bond donors (Lipinski definition) is 0. The van der Waals surface area contributed by atoms with Gasteiger partial charge in [0.2, 0.25) is 0 Å². The zero-order chi connectivity index (χ0) is 12.1. The highest BCUT2D eigenvalue weighted by molar-refractivity contribution is 4.53. The van der Waals surface area contributed by atoms with Crippen LogP contribution in [0.25, 0.3) is 0 Å². The van der Waals surface area contributed by atoms with Gasteiger partial charge >= 0.3 is 0 Å². The summed E-state index contributed by atoms with van der Waals surface area (Å²) >= 11 is 0. The molecule has 0 spiro atoms. The summed E-state index contributed by atoms with van der Waals surface area (Å²) in [4.78, 5) is 0. The van der Waals surface area contributed by atoms with Crippen LogP contribution in [0.3, 0.4) is 0 Å². The molecule has 0 fully saturated rings. The van der Waals surface area contributed by atoms with Gasteiger partial charge in [0.15, 0.2) is 0 Å². The van der Waals surface area contributed by atoms with Crippen LogP contribution in [-0.4, -0.2) is 6.04 Å². The molecule has 1 atom stereocenters.